The van der Waals surface area contributed by atoms with Crippen LogP contribution in [0.15, 0.2) is 22.8 Å². The smallest absolute Gasteiger partial charge is 0.105 e. The van der Waals surface area contributed by atoms with E-state index in [2.05, 4.69) is 18.3 Å². The van der Waals surface area contributed by atoms with Gasteiger partial charge in [0.25, 0.3) is 0 Å². The third kappa shape index (κ3) is 2.85. The lowest BCUT2D eigenvalue weighted by Gasteiger charge is -2.23. The van der Waals surface area contributed by atoms with E-state index in [1.54, 1.807) is 6.26 Å². The molecule has 1 unspecified atom stereocenters. The second-order valence-corrected chi connectivity index (χ2v) is 4.49. The Hall–Kier alpha value is -0.760. The first kappa shape index (κ1) is 10.7. The fraction of sp³-hybridized carbons (Fsp3) is 0.692. The zero-order valence-corrected chi connectivity index (χ0v) is 9.54. The van der Waals surface area contributed by atoms with Crippen LogP contribution in [0.25, 0.3) is 0 Å². The van der Waals surface area contributed by atoms with Gasteiger partial charge in [-0.2, -0.15) is 0 Å². The lowest BCUT2D eigenvalue weighted by molar-refractivity contribution is 0.340. The Morgan fingerprint density at radius 1 is 1.47 bits per heavy atom. The van der Waals surface area contributed by atoms with Crippen molar-refractivity contribution in [1.29, 1.82) is 0 Å². The summed E-state index contributed by atoms with van der Waals surface area (Å²) in [4.78, 5) is 0. The summed E-state index contributed by atoms with van der Waals surface area (Å²) in [7, 11) is 0. The van der Waals surface area contributed by atoms with E-state index in [1.165, 1.54) is 25.7 Å². The molecule has 15 heavy (non-hydrogen) atoms. The lowest BCUT2D eigenvalue weighted by atomic mass is 9.94. The highest BCUT2D eigenvalue weighted by atomic mass is 16.3. The molecule has 0 aromatic carbocycles. The Bertz CT molecular complexity index is 262. The van der Waals surface area contributed by atoms with Crippen LogP contribution in [0.2, 0.25) is 0 Å². The third-order valence-corrected chi connectivity index (χ3v) is 3.44. The molecule has 0 spiro atoms. The number of hydrogen-bond acceptors (Lipinski definition) is 2. The Morgan fingerprint density at radius 3 is 2.87 bits per heavy atom. The van der Waals surface area contributed by atoms with E-state index >= 15 is 0 Å². The van der Waals surface area contributed by atoms with Crippen LogP contribution in [0.5, 0.6) is 0 Å². The monoisotopic (exact) mass is 207 g/mol. The van der Waals surface area contributed by atoms with E-state index in [-0.39, 0.29) is 0 Å². The fourth-order valence-electron chi connectivity index (χ4n) is 2.67. The van der Waals surface area contributed by atoms with E-state index in [0.717, 1.165) is 24.6 Å². The van der Waals surface area contributed by atoms with Crippen LogP contribution in [0.3, 0.4) is 0 Å². The molecule has 0 saturated heterocycles. The van der Waals surface area contributed by atoms with Crippen LogP contribution in [0.1, 0.15) is 38.4 Å². The van der Waals surface area contributed by atoms with Crippen LogP contribution in [-0.2, 0) is 6.42 Å². The van der Waals surface area contributed by atoms with Gasteiger partial charge in [-0.05, 0) is 37.4 Å². The largest absolute Gasteiger partial charge is 0.469 e. The summed E-state index contributed by atoms with van der Waals surface area (Å²) >= 11 is 0. The van der Waals surface area contributed by atoms with Gasteiger partial charge in [0.05, 0.1) is 6.26 Å². The highest BCUT2D eigenvalue weighted by molar-refractivity contribution is 5.01. The van der Waals surface area contributed by atoms with Crippen LogP contribution in [0, 0.1) is 5.92 Å². The minimum Gasteiger partial charge on any atom is -0.469 e. The molecule has 1 fully saturated rings. The van der Waals surface area contributed by atoms with Crippen molar-refractivity contribution < 1.29 is 4.42 Å². The van der Waals surface area contributed by atoms with Gasteiger partial charge in [0, 0.05) is 12.5 Å². The number of rotatable bonds is 5. The maximum atomic E-state index is 5.43. The molecule has 2 rings (SSSR count). The highest BCUT2D eigenvalue weighted by Crippen LogP contribution is 2.29. The zero-order chi connectivity index (χ0) is 10.5. The minimum absolute atomic E-state index is 0.614. The van der Waals surface area contributed by atoms with Crippen molar-refractivity contribution in [3.05, 3.63) is 24.2 Å². The van der Waals surface area contributed by atoms with Gasteiger partial charge in [0.15, 0.2) is 0 Å². The summed E-state index contributed by atoms with van der Waals surface area (Å²) in [5, 5.41) is 3.60. The van der Waals surface area contributed by atoms with Crippen molar-refractivity contribution in [2.45, 2.75) is 45.1 Å². The molecule has 1 aromatic heterocycles. The van der Waals surface area contributed by atoms with E-state index < -0.39 is 0 Å². The fourth-order valence-corrected chi connectivity index (χ4v) is 2.67. The Labute approximate surface area is 92.1 Å². The van der Waals surface area contributed by atoms with Gasteiger partial charge in [0.2, 0.25) is 0 Å². The van der Waals surface area contributed by atoms with Gasteiger partial charge in [-0.1, -0.05) is 19.8 Å². The maximum Gasteiger partial charge on any atom is 0.105 e. The van der Waals surface area contributed by atoms with Crippen molar-refractivity contribution in [2.24, 2.45) is 5.92 Å². The summed E-state index contributed by atoms with van der Waals surface area (Å²) in [6, 6.07) is 4.68. The van der Waals surface area contributed by atoms with Gasteiger partial charge in [-0.15, -0.1) is 0 Å². The molecule has 1 N–H and O–H groups in total. The van der Waals surface area contributed by atoms with Gasteiger partial charge < -0.3 is 9.73 Å². The third-order valence-electron chi connectivity index (χ3n) is 3.44. The number of hydrogen-bond donors (Lipinski definition) is 1. The summed E-state index contributed by atoms with van der Waals surface area (Å²) in [6.45, 7) is 3.24. The van der Waals surface area contributed by atoms with Gasteiger partial charge in [0.1, 0.15) is 5.76 Å². The summed E-state index contributed by atoms with van der Waals surface area (Å²) in [5.74, 6) is 1.97. The topological polar surface area (TPSA) is 25.2 Å². The van der Waals surface area contributed by atoms with E-state index in [4.69, 9.17) is 4.42 Å². The first-order chi connectivity index (χ1) is 7.40. The average Bonchev–Trinajstić information content (AvgIpc) is 2.89. The lowest BCUT2D eigenvalue weighted by Crippen LogP contribution is -2.36. The summed E-state index contributed by atoms with van der Waals surface area (Å²) < 4.78 is 5.43. The predicted molar refractivity (Wildman–Crippen MR) is 61.8 cm³/mol. The second kappa shape index (κ2) is 5.36. The van der Waals surface area contributed by atoms with Crippen molar-refractivity contribution in [3.63, 3.8) is 0 Å². The minimum atomic E-state index is 0.614. The normalized spacial score (nSPS) is 19.5. The summed E-state index contributed by atoms with van der Waals surface area (Å²) in [5.41, 5.74) is 0. The molecule has 1 atom stereocenters. The first-order valence-electron chi connectivity index (χ1n) is 6.16. The van der Waals surface area contributed by atoms with Crippen LogP contribution >= 0.6 is 0 Å². The molecule has 84 valence electrons. The molecule has 1 heterocycles. The Kier molecular flexibility index (Phi) is 3.84. The van der Waals surface area contributed by atoms with Crippen molar-refractivity contribution in [2.75, 3.05) is 6.54 Å². The first-order valence-corrected chi connectivity index (χ1v) is 6.16. The van der Waals surface area contributed by atoms with Crippen LogP contribution in [0.4, 0.5) is 0 Å². The second-order valence-electron chi connectivity index (χ2n) is 4.49. The Balaban J connectivity index is 1.93. The van der Waals surface area contributed by atoms with E-state index in [9.17, 15) is 0 Å². The molecule has 2 nitrogen and oxygen atoms in total. The van der Waals surface area contributed by atoms with Crippen molar-refractivity contribution in [3.8, 4) is 0 Å². The molecular formula is C13H21NO. The molecule has 0 aliphatic heterocycles. The standard InChI is InChI=1S/C13H21NO/c1-2-14-13(11-6-3-4-7-11)10-12-8-5-9-15-12/h5,8-9,11,13-14H,2-4,6-7,10H2,1H3. The molecule has 1 aromatic rings. The maximum absolute atomic E-state index is 5.43. The quantitative estimate of drug-likeness (QED) is 0.803. The molecule has 1 aliphatic carbocycles. The van der Waals surface area contributed by atoms with E-state index in [1.807, 2.05) is 6.07 Å². The zero-order valence-electron chi connectivity index (χ0n) is 9.54. The average molecular weight is 207 g/mol. The Morgan fingerprint density at radius 2 is 2.27 bits per heavy atom. The highest BCUT2D eigenvalue weighted by Gasteiger charge is 2.24. The van der Waals surface area contributed by atoms with Gasteiger partial charge in [-0.25, -0.2) is 0 Å². The molecule has 1 aliphatic rings. The summed E-state index contributed by atoms with van der Waals surface area (Å²) in [6.07, 6.45) is 8.41. The van der Waals surface area contributed by atoms with Crippen LogP contribution < -0.4 is 5.32 Å². The predicted octanol–water partition coefficient (Wildman–Crippen LogP) is 2.99. The molecule has 0 radical (unpaired) electrons. The number of nitrogens with one attached hydrogen (secondary N) is 1. The van der Waals surface area contributed by atoms with E-state index in [0.29, 0.717) is 6.04 Å². The molecule has 0 bridgehead atoms. The molecular weight excluding hydrogens is 186 g/mol. The van der Waals surface area contributed by atoms with Crippen molar-refractivity contribution in [1.82, 2.24) is 5.32 Å². The van der Waals surface area contributed by atoms with Gasteiger partial charge >= 0.3 is 0 Å². The van der Waals surface area contributed by atoms with Crippen molar-refractivity contribution >= 4 is 0 Å². The number of likely N-dealkylation sites (N-methyl/N-ethyl adjacent to an activating group) is 1. The van der Waals surface area contributed by atoms with Crippen LogP contribution in [-0.4, -0.2) is 12.6 Å². The molecule has 2 heteroatoms. The van der Waals surface area contributed by atoms with Gasteiger partial charge in [-0.3, -0.25) is 0 Å². The number of furan rings is 1. The SMILES string of the molecule is CCNC(Cc1ccco1)C1CCCC1. The molecule has 0 amide bonds. The molecule has 1 saturated carbocycles.